The number of carbonyl (C=O) groups is 3. The number of carboxylic acids is 1. The summed E-state index contributed by atoms with van der Waals surface area (Å²) in [6.07, 6.45) is 1.10. The van der Waals surface area contributed by atoms with Gasteiger partial charge in [0.05, 0.1) is 12.0 Å². The van der Waals surface area contributed by atoms with E-state index in [-0.39, 0.29) is 23.8 Å². The molecule has 2 N–H and O–H groups in total. The molecule has 2 rings (SSSR count). The van der Waals surface area contributed by atoms with Crippen molar-refractivity contribution in [2.45, 2.75) is 45.4 Å². The lowest BCUT2D eigenvalue weighted by molar-refractivity contribution is -0.148. The van der Waals surface area contributed by atoms with E-state index in [0.29, 0.717) is 32.4 Å². The van der Waals surface area contributed by atoms with Gasteiger partial charge in [-0.1, -0.05) is 51.1 Å². The fraction of sp³-hybridized carbons (Fsp3) is 0.550. The van der Waals surface area contributed by atoms with Crippen molar-refractivity contribution in [1.29, 1.82) is 0 Å². The molecule has 6 heteroatoms. The molecule has 0 aromatic heterocycles. The van der Waals surface area contributed by atoms with Crippen molar-refractivity contribution < 1.29 is 19.5 Å². The molecule has 142 valence electrons. The summed E-state index contributed by atoms with van der Waals surface area (Å²) in [4.78, 5) is 37.8. The third kappa shape index (κ3) is 4.84. The van der Waals surface area contributed by atoms with Crippen LogP contribution in [0, 0.1) is 5.41 Å². The fourth-order valence-corrected chi connectivity index (χ4v) is 3.35. The van der Waals surface area contributed by atoms with E-state index in [1.807, 2.05) is 51.1 Å². The highest BCUT2D eigenvalue weighted by Gasteiger charge is 2.43. The topological polar surface area (TPSA) is 86.7 Å². The van der Waals surface area contributed by atoms with Crippen LogP contribution in [0.5, 0.6) is 0 Å². The SMILES string of the molecule is CC(C)(C)CC(=O)NCC(=O)N1CCC(C(=O)O)(c2ccccc2)CC1. The molecular formula is C20H28N2O4. The van der Waals surface area contributed by atoms with Gasteiger partial charge >= 0.3 is 5.97 Å². The van der Waals surface area contributed by atoms with E-state index in [2.05, 4.69) is 5.32 Å². The summed E-state index contributed by atoms with van der Waals surface area (Å²) in [7, 11) is 0. The van der Waals surface area contributed by atoms with Gasteiger partial charge < -0.3 is 15.3 Å². The summed E-state index contributed by atoms with van der Waals surface area (Å²) >= 11 is 0. The molecule has 1 aromatic rings. The average Bonchev–Trinajstić information content (AvgIpc) is 2.59. The number of nitrogens with one attached hydrogen (secondary N) is 1. The van der Waals surface area contributed by atoms with E-state index < -0.39 is 11.4 Å². The second kappa shape index (κ2) is 7.89. The molecule has 0 radical (unpaired) electrons. The molecule has 1 fully saturated rings. The van der Waals surface area contributed by atoms with Crippen molar-refractivity contribution in [2.75, 3.05) is 19.6 Å². The third-order valence-electron chi connectivity index (χ3n) is 4.83. The Labute approximate surface area is 154 Å². The van der Waals surface area contributed by atoms with E-state index in [1.54, 1.807) is 4.90 Å². The molecule has 0 aliphatic carbocycles. The van der Waals surface area contributed by atoms with E-state index in [4.69, 9.17) is 0 Å². The summed E-state index contributed by atoms with van der Waals surface area (Å²) in [5, 5.41) is 12.5. The van der Waals surface area contributed by atoms with Gasteiger partial charge in [0, 0.05) is 19.5 Å². The molecule has 0 bridgehead atoms. The first kappa shape index (κ1) is 19.9. The third-order valence-corrected chi connectivity index (χ3v) is 4.83. The van der Waals surface area contributed by atoms with Crippen LogP contribution in [0.2, 0.25) is 0 Å². The van der Waals surface area contributed by atoms with Gasteiger partial charge in [0.2, 0.25) is 11.8 Å². The Bertz CT molecular complexity index is 656. The highest BCUT2D eigenvalue weighted by molar-refractivity contribution is 5.86. The Balaban J connectivity index is 1.93. The number of benzene rings is 1. The van der Waals surface area contributed by atoms with Crippen molar-refractivity contribution in [2.24, 2.45) is 5.41 Å². The largest absolute Gasteiger partial charge is 0.481 e. The van der Waals surface area contributed by atoms with Gasteiger partial charge in [0.15, 0.2) is 0 Å². The van der Waals surface area contributed by atoms with Gasteiger partial charge in [-0.25, -0.2) is 0 Å². The summed E-state index contributed by atoms with van der Waals surface area (Å²) < 4.78 is 0. The predicted molar refractivity (Wildman–Crippen MR) is 98.7 cm³/mol. The molecular weight excluding hydrogens is 332 g/mol. The normalized spacial score (nSPS) is 16.8. The monoisotopic (exact) mass is 360 g/mol. The van der Waals surface area contributed by atoms with Crippen LogP contribution in [-0.2, 0) is 19.8 Å². The van der Waals surface area contributed by atoms with Crippen LogP contribution < -0.4 is 5.32 Å². The van der Waals surface area contributed by atoms with Crippen molar-refractivity contribution in [3.8, 4) is 0 Å². The van der Waals surface area contributed by atoms with Gasteiger partial charge in [-0.05, 0) is 23.8 Å². The molecule has 0 saturated carbocycles. The molecule has 26 heavy (non-hydrogen) atoms. The minimum atomic E-state index is -0.951. The molecule has 1 aliphatic heterocycles. The molecule has 1 heterocycles. The fourth-order valence-electron chi connectivity index (χ4n) is 3.35. The standard InChI is InChI=1S/C20H28N2O4/c1-19(2,3)13-16(23)21-14-17(24)22-11-9-20(10-12-22,18(25)26)15-7-5-4-6-8-15/h4-8H,9-14H2,1-3H3,(H,21,23)(H,25,26). The lowest BCUT2D eigenvalue weighted by Crippen LogP contribution is -2.51. The number of nitrogens with zero attached hydrogens (tertiary/aromatic N) is 1. The number of rotatable bonds is 5. The zero-order valence-electron chi connectivity index (χ0n) is 15.7. The van der Waals surface area contributed by atoms with E-state index >= 15 is 0 Å². The smallest absolute Gasteiger partial charge is 0.314 e. The Kier molecular flexibility index (Phi) is 6.05. The first-order valence-electron chi connectivity index (χ1n) is 8.97. The first-order valence-corrected chi connectivity index (χ1v) is 8.97. The number of aliphatic carboxylic acids is 1. The zero-order valence-corrected chi connectivity index (χ0v) is 15.7. The second-order valence-electron chi connectivity index (χ2n) is 8.15. The van der Waals surface area contributed by atoms with Gasteiger partial charge in [0.25, 0.3) is 0 Å². The number of carboxylic acid groups (broad SMARTS) is 1. The summed E-state index contributed by atoms with van der Waals surface area (Å²) in [6, 6.07) is 9.19. The molecule has 1 aromatic carbocycles. The summed E-state index contributed by atoms with van der Waals surface area (Å²) in [6.45, 7) is 6.60. The number of piperidine rings is 1. The number of amides is 2. The minimum absolute atomic E-state index is 0.0413. The first-order chi connectivity index (χ1) is 12.1. The molecule has 1 aliphatic rings. The quantitative estimate of drug-likeness (QED) is 0.843. The molecule has 0 spiro atoms. The predicted octanol–water partition coefficient (Wildman–Crippen LogP) is 2.18. The maximum Gasteiger partial charge on any atom is 0.314 e. The number of hydrogen-bond acceptors (Lipinski definition) is 3. The highest BCUT2D eigenvalue weighted by atomic mass is 16.4. The second-order valence-corrected chi connectivity index (χ2v) is 8.15. The number of likely N-dealkylation sites (tertiary alicyclic amines) is 1. The number of carbonyl (C=O) groups excluding carboxylic acids is 2. The Morgan fingerprint density at radius 3 is 2.19 bits per heavy atom. The van der Waals surface area contributed by atoms with Crippen LogP contribution in [-0.4, -0.2) is 47.4 Å². The van der Waals surface area contributed by atoms with Crippen molar-refractivity contribution in [3.05, 3.63) is 35.9 Å². The van der Waals surface area contributed by atoms with Gasteiger partial charge in [-0.15, -0.1) is 0 Å². The lowest BCUT2D eigenvalue weighted by Gasteiger charge is -2.39. The van der Waals surface area contributed by atoms with Crippen LogP contribution in [0.3, 0.4) is 0 Å². The molecule has 6 nitrogen and oxygen atoms in total. The molecule has 2 amide bonds. The zero-order chi connectivity index (χ0) is 19.4. The maximum absolute atomic E-state index is 12.3. The van der Waals surface area contributed by atoms with Gasteiger partial charge in [0.1, 0.15) is 0 Å². The van der Waals surface area contributed by atoms with Crippen molar-refractivity contribution in [3.63, 3.8) is 0 Å². The van der Waals surface area contributed by atoms with E-state index in [1.165, 1.54) is 0 Å². The summed E-state index contributed by atoms with van der Waals surface area (Å²) in [5.74, 6) is -1.17. The van der Waals surface area contributed by atoms with Crippen LogP contribution in [0.15, 0.2) is 30.3 Å². The Morgan fingerprint density at radius 1 is 1.12 bits per heavy atom. The Morgan fingerprint density at radius 2 is 1.69 bits per heavy atom. The lowest BCUT2D eigenvalue weighted by atomic mass is 9.73. The molecule has 0 atom stereocenters. The average molecular weight is 360 g/mol. The van der Waals surface area contributed by atoms with Crippen LogP contribution in [0.4, 0.5) is 0 Å². The van der Waals surface area contributed by atoms with Crippen LogP contribution in [0.1, 0.15) is 45.6 Å². The van der Waals surface area contributed by atoms with Crippen LogP contribution >= 0.6 is 0 Å². The maximum atomic E-state index is 12.3. The van der Waals surface area contributed by atoms with Crippen LogP contribution in [0.25, 0.3) is 0 Å². The number of hydrogen-bond donors (Lipinski definition) is 2. The van der Waals surface area contributed by atoms with E-state index in [9.17, 15) is 19.5 Å². The van der Waals surface area contributed by atoms with Crippen molar-refractivity contribution in [1.82, 2.24) is 10.2 Å². The minimum Gasteiger partial charge on any atom is -0.481 e. The van der Waals surface area contributed by atoms with E-state index in [0.717, 1.165) is 5.56 Å². The summed E-state index contributed by atoms with van der Waals surface area (Å²) in [5.41, 5.74) is -0.305. The Hall–Kier alpha value is -2.37. The molecule has 1 saturated heterocycles. The van der Waals surface area contributed by atoms with Crippen molar-refractivity contribution >= 4 is 17.8 Å². The highest BCUT2D eigenvalue weighted by Crippen LogP contribution is 2.35. The molecule has 0 unspecified atom stereocenters. The van der Waals surface area contributed by atoms with Gasteiger partial charge in [-0.3, -0.25) is 14.4 Å². The van der Waals surface area contributed by atoms with Gasteiger partial charge in [-0.2, -0.15) is 0 Å².